The van der Waals surface area contributed by atoms with Crippen molar-refractivity contribution in [2.75, 3.05) is 0 Å². The van der Waals surface area contributed by atoms with Crippen LogP contribution in [0.4, 0.5) is 0 Å². The second kappa shape index (κ2) is 7.74. The van der Waals surface area contributed by atoms with E-state index in [-0.39, 0.29) is 0 Å². The molecule has 0 saturated carbocycles. The minimum Gasteiger partial charge on any atom is -0.309 e. The molecule has 0 aliphatic rings. The Morgan fingerprint density at radius 3 is 1.57 bits per heavy atom. The Morgan fingerprint density at radius 2 is 0.919 bits per heavy atom. The van der Waals surface area contributed by atoms with Gasteiger partial charge < -0.3 is 4.57 Å². The summed E-state index contributed by atoms with van der Waals surface area (Å²) in [6.45, 7) is 0. The number of benzene rings is 6. The molecule has 0 unspecified atom stereocenters. The highest BCUT2D eigenvalue weighted by Gasteiger charge is 2.17. The summed E-state index contributed by atoms with van der Waals surface area (Å²) in [5.74, 6) is 0. The van der Waals surface area contributed by atoms with Crippen LogP contribution in [-0.4, -0.2) is 14.5 Å². The molecule has 0 aliphatic carbocycles. The molecule has 6 aromatic carbocycles. The van der Waals surface area contributed by atoms with Crippen LogP contribution in [0.2, 0.25) is 0 Å². The average molecular weight is 472 g/mol. The Morgan fingerprint density at radius 1 is 0.432 bits per heavy atom. The molecule has 0 fully saturated rings. The van der Waals surface area contributed by atoms with E-state index in [9.17, 15) is 0 Å². The van der Waals surface area contributed by atoms with Gasteiger partial charge in [0.25, 0.3) is 0 Å². The van der Waals surface area contributed by atoms with Gasteiger partial charge in [0.15, 0.2) is 0 Å². The van der Waals surface area contributed by atoms with Gasteiger partial charge in [0.05, 0.1) is 39.6 Å². The molecule has 0 bridgehead atoms. The van der Waals surface area contributed by atoms with Gasteiger partial charge in [-0.25, -0.2) is 4.98 Å². The van der Waals surface area contributed by atoms with Crippen LogP contribution in [0.1, 0.15) is 0 Å². The predicted octanol–water partition coefficient (Wildman–Crippen LogP) is 8.70. The first kappa shape index (κ1) is 20.2. The van der Waals surface area contributed by atoms with Gasteiger partial charge in [-0.15, -0.1) is 0 Å². The van der Waals surface area contributed by atoms with Crippen molar-refractivity contribution < 1.29 is 0 Å². The molecule has 2 aromatic heterocycles. The number of aromatic nitrogens is 3. The number of rotatable bonds is 2. The molecule has 0 N–H and O–H groups in total. The quantitative estimate of drug-likeness (QED) is 0.236. The van der Waals surface area contributed by atoms with E-state index in [1.165, 1.54) is 32.6 Å². The Balaban J connectivity index is 1.46. The van der Waals surface area contributed by atoms with Crippen LogP contribution < -0.4 is 0 Å². The lowest BCUT2D eigenvalue weighted by molar-refractivity contribution is 1.17. The van der Waals surface area contributed by atoms with Crippen LogP contribution in [0.15, 0.2) is 128 Å². The zero-order chi connectivity index (χ0) is 24.3. The summed E-state index contributed by atoms with van der Waals surface area (Å²) in [6.07, 6.45) is 1.93. The van der Waals surface area contributed by atoms with Crippen molar-refractivity contribution in [1.82, 2.24) is 14.5 Å². The van der Waals surface area contributed by atoms with E-state index in [1.807, 2.05) is 6.20 Å². The summed E-state index contributed by atoms with van der Waals surface area (Å²) in [5.41, 5.74) is 7.25. The number of hydrogen-bond donors (Lipinski definition) is 0. The summed E-state index contributed by atoms with van der Waals surface area (Å²) >= 11 is 0. The summed E-state index contributed by atoms with van der Waals surface area (Å²) in [7, 11) is 0. The van der Waals surface area contributed by atoms with Gasteiger partial charge in [0, 0.05) is 27.1 Å². The van der Waals surface area contributed by atoms with E-state index < -0.39 is 0 Å². The molecule has 3 heteroatoms. The van der Waals surface area contributed by atoms with Gasteiger partial charge in [0.2, 0.25) is 0 Å². The number of hydrogen-bond acceptors (Lipinski definition) is 2. The zero-order valence-corrected chi connectivity index (χ0v) is 20.0. The summed E-state index contributed by atoms with van der Waals surface area (Å²) in [6, 6.07) is 42.7. The molecule has 3 nitrogen and oxygen atoms in total. The first-order chi connectivity index (χ1) is 18.4. The van der Waals surface area contributed by atoms with Gasteiger partial charge in [-0.3, -0.25) is 4.98 Å². The lowest BCUT2D eigenvalue weighted by Gasteiger charge is -2.14. The monoisotopic (exact) mass is 471 g/mol. The third kappa shape index (κ3) is 2.88. The first-order valence-electron chi connectivity index (χ1n) is 12.5. The first-order valence-corrected chi connectivity index (χ1v) is 12.5. The van der Waals surface area contributed by atoms with E-state index >= 15 is 0 Å². The summed E-state index contributed by atoms with van der Waals surface area (Å²) < 4.78 is 2.35. The Kier molecular flexibility index (Phi) is 4.23. The fourth-order valence-corrected chi connectivity index (χ4v) is 5.82. The number of nitrogens with zero attached hydrogens (tertiary/aromatic N) is 3. The Hall–Kier alpha value is -5.02. The van der Waals surface area contributed by atoms with Gasteiger partial charge in [-0.1, -0.05) is 103 Å². The molecule has 8 rings (SSSR count). The average Bonchev–Trinajstić information content (AvgIpc) is 3.31. The highest BCUT2D eigenvalue weighted by Crippen LogP contribution is 2.37. The maximum atomic E-state index is 5.28. The van der Waals surface area contributed by atoms with E-state index in [0.717, 1.165) is 38.8 Å². The molecule has 0 aliphatic heterocycles. The smallest absolute Gasteiger partial charge is 0.0979 e. The van der Waals surface area contributed by atoms with Gasteiger partial charge >= 0.3 is 0 Å². The molecule has 37 heavy (non-hydrogen) atoms. The molecule has 8 aromatic rings. The number of para-hydroxylation sites is 3. The number of fused-ring (bicyclic) bond motifs is 9. The lowest BCUT2D eigenvalue weighted by Crippen LogP contribution is -1.99. The van der Waals surface area contributed by atoms with Crippen molar-refractivity contribution in [3.63, 3.8) is 0 Å². The van der Waals surface area contributed by atoms with Crippen molar-refractivity contribution in [3.05, 3.63) is 128 Å². The molecule has 172 valence electrons. The molecule has 0 amide bonds. The summed E-state index contributed by atoms with van der Waals surface area (Å²) in [4.78, 5) is 10.3. The molecule has 0 radical (unpaired) electrons. The third-order valence-corrected chi connectivity index (χ3v) is 7.43. The fraction of sp³-hybridized carbons (Fsp3) is 0. The van der Waals surface area contributed by atoms with E-state index in [4.69, 9.17) is 9.97 Å². The van der Waals surface area contributed by atoms with Crippen molar-refractivity contribution in [3.8, 4) is 16.9 Å². The topological polar surface area (TPSA) is 30.7 Å². The van der Waals surface area contributed by atoms with E-state index in [1.54, 1.807) is 0 Å². The van der Waals surface area contributed by atoms with Crippen LogP contribution in [0.5, 0.6) is 0 Å². The van der Waals surface area contributed by atoms with Crippen LogP contribution in [-0.2, 0) is 0 Å². The summed E-state index contributed by atoms with van der Waals surface area (Å²) in [5, 5.41) is 7.15. The highest BCUT2D eigenvalue weighted by molar-refractivity contribution is 6.23. The molecule has 0 atom stereocenters. The normalized spacial score (nSPS) is 11.8. The van der Waals surface area contributed by atoms with Crippen LogP contribution >= 0.6 is 0 Å². The predicted molar refractivity (Wildman–Crippen MR) is 154 cm³/mol. The van der Waals surface area contributed by atoms with Crippen LogP contribution in [0.25, 0.3) is 71.3 Å². The Labute approximate surface area is 213 Å². The molecular formula is C34H21N3. The zero-order valence-electron chi connectivity index (χ0n) is 20.0. The van der Waals surface area contributed by atoms with Gasteiger partial charge in [0.1, 0.15) is 0 Å². The lowest BCUT2D eigenvalue weighted by atomic mass is 9.99. The molecule has 0 saturated heterocycles. The van der Waals surface area contributed by atoms with E-state index in [2.05, 4.69) is 126 Å². The minimum absolute atomic E-state index is 0.866. The van der Waals surface area contributed by atoms with Crippen molar-refractivity contribution in [1.29, 1.82) is 0 Å². The molecule has 0 spiro atoms. The van der Waals surface area contributed by atoms with Crippen molar-refractivity contribution in [2.45, 2.75) is 0 Å². The second-order valence-electron chi connectivity index (χ2n) is 9.43. The largest absolute Gasteiger partial charge is 0.309 e. The minimum atomic E-state index is 0.866. The standard InChI is InChI=1S/C34H21N3/c1-3-15-26-22(11-1)23-12-2-4-16-27(23)34-33(26)35-21-29(36-34)28-17-7-10-20-32(28)37-30-18-8-5-13-24(30)25-14-6-9-19-31(25)37/h1-21H. The maximum absolute atomic E-state index is 5.28. The molecule has 2 heterocycles. The van der Waals surface area contributed by atoms with Gasteiger partial charge in [-0.05, 0) is 29.0 Å². The third-order valence-electron chi connectivity index (χ3n) is 7.43. The van der Waals surface area contributed by atoms with Crippen LogP contribution in [0.3, 0.4) is 0 Å². The maximum Gasteiger partial charge on any atom is 0.0979 e. The van der Waals surface area contributed by atoms with Gasteiger partial charge in [-0.2, -0.15) is 0 Å². The van der Waals surface area contributed by atoms with E-state index in [0.29, 0.717) is 0 Å². The van der Waals surface area contributed by atoms with Crippen molar-refractivity contribution >= 4 is 54.4 Å². The Bertz CT molecular complexity index is 2060. The fourth-order valence-electron chi connectivity index (χ4n) is 5.82. The van der Waals surface area contributed by atoms with Crippen LogP contribution in [0, 0.1) is 0 Å². The SMILES string of the molecule is c1ccc(-n2c3ccccc3c3ccccc32)c(-c2cnc3c4ccccc4c4ccccc4c3n2)c1. The molecular weight excluding hydrogens is 450 g/mol. The second-order valence-corrected chi connectivity index (χ2v) is 9.43. The highest BCUT2D eigenvalue weighted by atomic mass is 15.0. The van der Waals surface area contributed by atoms with Crippen molar-refractivity contribution in [2.24, 2.45) is 0 Å².